The highest BCUT2D eigenvalue weighted by Gasteiger charge is 2.28. The number of thiazole rings is 1. The number of nitrogens with zero attached hydrogens (tertiary/aromatic N) is 3. The Morgan fingerprint density at radius 3 is 2.79 bits per heavy atom. The Balaban J connectivity index is 1.46. The van der Waals surface area contributed by atoms with E-state index in [-0.39, 0.29) is 11.6 Å². The van der Waals surface area contributed by atoms with Crippen molar-refractivity contribution >= 4 is 50.2 Å². The van der Waals surface area contributed by atoms with E-state index < -0.39 is 4.92 Å². The van der Waals surface area contributed by atoms with Crippen molar-refractivity contribution in [2.45, 2.75) is 6.42 Å². The summed E-state index contributed by atoms with van der Waals surface area (Å²) in [5.74, 6) is -0.128. The summed E-state index contributed by atoms with van der Waals surface area (Å²) < 4.78 is 1.11. The molecule has 2 aromatic heterocycles. The van der Waals surface area contributed by atoms with Crippen molar-refractivity contribution in [2.75, 3.05) is 11.4 Å². The van der Waals surface area contributed by atoms with Gasteiger partial charge >= 0.3 is 0 Å². The summed E-state index contributed by atoms with van der Waals surface area (Å²) in [4.78, 5) is 31.5. The van der Waals surface area contributed by atoms with Crippen molar-refractivity contribution in [1.29, 1.82) is 0 Å². The third-order valence-corrected chi connectivity index (χ3v) is 7.02. The zero-order valence-electron chi connectivity index (χ0n) is 14.5. The van der Waals surface area contributed by atoms with Gasteiger partial charge in [-0.05, 0) is 36.2 Å². The number of carbonyl (C=O) groups is 1. The molecule has 0 N–H and O–H groups in total. The largest absolute Gasteiger partial charge is 0.307 e. The first-order chi connectivity index (χ1) is 13.6. The predicted molar refractivity (Wildman–Crippen MR) is 111 cm³/mol. The van der Waals surface area contributed by atoms with Crippen molar-refractivity contribution < 1.29 is 9.72 Å². The van der Waals surface area contributed by atoms with Crippen LogP contribution in [0.3, 0.4) is 0 Å². The molecule has 0 fully saturated rings. The normalized spacial score (nSPS) is 13.1. The molecular weight excluding hydrogens is 394 g/mol. The van der Waals surface area contributed by atoms with Crippen LogP contribution in [0.1, 0.15) is 15.2 Å². The number of non-ortho nitro benzene ring substituents is 1. The molecule has 1 aliphatic rings. The first kappa shape index (κ1) is 17.0. The van der Waals surface area contributed by atoms with Gasteiger partial charge in [-0.1, -0.05) is 18.2 Å². The van der Waals surface area contributed by atoms with Gasteiger partial charge in [0, 0.05) is 18.7 Å². The Hall–Kier alpha value is -3.10. The fraction of sp³-hybridized carbons (Fsp3) is 0.100. The number of para-hydroxylation sites is 1. The average molecular weight is 407 g/mol. The molecule has 0 saturated heterocycles. The van der Waals surface area contributed by atoms with E-state index in [1.807, 2.05) is 36.4 Å². The number of fused-ring (bicyclic) bond motifs is 2. The molecule has 3 heterocycles. The zero-order chi connectivity index (χ0) is 19.3. The lowest BCUT2D eigenvalue weighted by Crippen LogP contribution is -2.28. The van der Waals surface area contributed by atoms with Gasteiger partial charge < -0.3 is 4.90 Å². The number of thiophene rings is 1. The molecule has 1 amide bonds. The fourth-order valence-electron chi connectivity index (χ4n) is 3.37. The highest BCUT2D eigenvalue weighted by Crippen LogP contribution is 2.37. The van der Waals surface area contributed by atoms with Gasteiger partial charge in [0.2, 0.25) is 0 Å². The van der Waals surface area contributed by atoms with Gasteiger partial charge in [0.25, 0.3) is 11.6 Å². The molecule has 0 saturated carbocycles. The maximum Gasteiger partial charge on any atom is 0.271 e. The third kappa shape index (κ3) is 2.78. The monoisotopic (exact) mass is 407 g/mol. The lowest BCUT2D eigenvalue weighted by atomic mass is 10.1. The van der Waals surface area contributed by atoms with E-state index in [1.54, 1.807) is 22.3 Å². The zero-order valence-corrected chi connectivity index (χ0v) is 16.1. The molecule has 0 spiro atoms. The quantitative estimate of drug-likeness (QED) is 0.348. The van der Waals surface area contributed by atoms with E-state index in [0.717, 1.165) is 25.7 Å². The molecule has 8 heteroatoms. The molecule has 2 aromatic carbocycles. The Morgan fingerprint density at radius 2 is 1.96 bits per heavy atom. The van der Waals surface area contributed by atoms with Crippen LogP contribution in [0.5, 0.6) is 0 Å². The van der Waals surface area contributed by atoms with Crippen LogP contribution in [0.15, 0.2) is 54.6 Å². The summed E-state index contributed by atoms with van der Waals surface area (Å²) in [6.45, 7) is 0.531. The third-order valence-electron chi connectivity index (χ3n) is 4.74. The number of benzene rings is 2. The first-order valence-corrected chi connectivity index (χ1v) is 10.3. The predicted octanol–water partition coefficient (Wildman–Crippen LogP) is 5.14. The molecule has 0 bridgehead atoms. The van der Waals surface area contributed by atoms with Crippen LogP contribution in [0.2, 0.25) is 0 Å². The summed E-state index contributed by atoms with van der Waals surface area (Å²) in [5.41, 5.74) is 2.54. The molecule has 138 valence electrons. The van der Waals surface area contributed by atoms with Gasteiger partial charge in [0.05, 0.1) is 30.6 Å². The standard InChI is InChI=1S/C20H13N3O3S2/c24-20(22-10-9-12-5-6-13(23(25)26)11-15(12)22)18-8-7-17(27-18)19-21-14-3-1-2-4-16(14)28-19/h1-8,11H,9-10H2. The second-order valence-corrected chi connectivity index (χ2v) is 8.54. The topological polar surface area (TPSA) is 76.3 Å². The molecule has 4 aromatic rings. The Kier molecular flexibility index (Phi) is 3.96. The first-order valence-electron chi connectivity index (χ1n) is 8.65. The van der Waals surface area contributed by atoms with Crippen molar-refractivity contribution in [2.24, 2.45) is 0 Å². The minimum Gasteiger partial charge on any atom is -0.307 e. The van der Waals surface area contributed by atoms with Gasteiger partial charge in [-0.2, -0.15) is 0 Å². The number of carbonyl (C=O) groups excluding carboxylic acids is 1. The Labute approximate surface area is 167 Å². The van der Waals surface area contributed by atoms with Crippen molar-refractivity contribution in [3.8, 4) is 9.88 Å². The summed E-state index contributed by atoms with van der Waals surface area (Å²) in [5, 5.41) is 12.0. The molecule has 0 atom stereocenters. The van der Waals surface area contributed by atoms with E-state index >= 15 is 0 Å². The van der Waals surface area contributed by atoms with E-state index in [0.29, 0.717) is 23.5 Å². The van der Waals surface area contributed by atoms with Crippen LogP contribution in [-0.2, 0) is 6.42 Å². The van der Waals surface area contributed by atoms with Crippen molar-refractivity contribution in [3.05, 3.63) is 75.2 Å². The fourth-order valence-corrected chi connectivity index (χ4v) is 5.35. The highest BCUT2D eigenvalue weighted by atomic mass is 32.1. The molecule has 0 unspecified atom stereocenters. The van der Waals surface area contributed by atoms with E-state index in [4.69, 9.17) is 0 Å². The SMILES string of the molecule is O=C(c1ccc(-c2nc3ccccc3s2)s1)N1CCc2ccc([N+](=O)[O-])cc21. The van der Waals surface area contributed by atoms with E-state index in [1.165, 1.54) is 23.5 Å². The summed E-state index contributed by atoms with van der Waals surface area (Å²) >= 11 is 3.01. The maximum absolute atomic E-state index is 13.1. The smallest absolute Gasteiger partial charge is 0.271 e. The minimum atomic E-state index is -0.433. The van der Waals surface area contributed by atoms with Crippen LogP contribution in [0.25, 0.3) is 20.1 Å². The number of hydrogen-bond donors (Lipinski definition) is 0. The maximum atomic E-state index is 13.1. The summed E-state index contributed by atoms with van der Waals surface area (Å²) in [7, 11) is 0. The molecule has 1 aliphatic heterocycles. The molecule has 0 radical (unpaired) electrons. The van der Waals surface area contributed by atoms with Crippen LogP contribution in [-0.4, -0.2) is 22.4 Å². The van der Waals surface area contributed by atoms with Crippen molar-refractivity contribution in [3.63, 3.8) is 0 Å². The molecule has 0 aliphatic carbocycles. The Bertz CT molecular complexity index is 1210. The molecular formula is C20H13N3O3S2. The van der Waals surface area contributed by atoms with Crippen LogP contribution >= 0.6 is 22.7 Å². The average Bonchev–Trinajstić information content (AvgIpc) is 3.43. The number of rotatable bonds is 3. The van der Waals surface area contributed by atoms with E-state index in [2.05, 4.69) is 4.98 Å². The van der Waals surface area contributed by atoms with Gasteiger partial charge in [-0.3, -0.25) is 14.9 Å². The molecule has 5 rings (SSSR count). The number of anilines is 1. The van der Waals surface area contributed by atoms with Gasteiger partial charge in [0.15, 0.2) is 0 Å². The lowest BCUT2D eigenvalue weighted by molar-refractivity contribution is -0.384. The number of nitro benzene ring substituents is 1. The Morgan fingerprint density at radius 1 is 1.11 bits per heavy atom. The number of hydrogen-bond acceptors (Lipinski definition) is 6. The second-order valence-electron chi connectivity index (χ2n) is 6.43. The molecule has 28 heavy (non-hydrogen) atoms. The lowest BCUT2D eigenvalue weighted by Gasteiger charge is -2.16. The van der Waals surface area contributed by atoms with E-state index in [9.17, 15) is 14.9 Å². The number of nitro groups is 1. The van der Waals surface area contributed by atoms with Crippen LogP contribution < -0.4 is 4.90 Å². The molecule has 6 nitrogen and oxygen atoms in total. The van der Waals surface area contributed by atoms with Gasteiger partial charge in [-0.25, -0.2) is 4.98 Å². The highest BCUT2D eigenvalue weighted by molar-refractivity contribution is 7.26. The van der Waals surface area contributed by atoms with Gasteiger partial charge in [-0.15, -0.1) is 22.7 Å². The summed E-state index contributed by atoms with van der Waals surface area (Å²) in [6.07, 6.45) is 0.704. The second kappa shape index (κ2) is 6.50. The van der Waals surface area contributed by atoms with Crippen molar-refractivity contribution in [1.82, 2.24) is 4.98 Å². The number of aromatic nitrogens is 1. The van der Waals surface area contributed by atoms with Gasteiger partial charge in [0.1, 0.15) is 5.01 Å². The van der Waals surface area contributed by atoms with Crippen LogP contribution in [0, 0.1) is 10.1 Å². The summed E-state index contributed by atoms with van der Waals surface area (Å²) in [6, 6.07) is 16.4. The number of amides is 1. The minimum absolute atomic E-state index is 0.000191. The van der Waals surface area contributed by atoms with Crippen LogP contribution in [0.4, 0.5) is 11.4 Å².